The number of fused-ring (bicyclic) bond motifs is 5. The molecule has 290 valence electrons. The molecule has 0 unspecified atom stereocenters. The van der Waals surface area contributed by atoms with Crippen molar-refractivity contribution in [2.45, 2.75) is 89.1 Å². The van der Waals surface area contributed by atoms with Crippen LogP contribution in [0.25, 0.3) is 5.57 Å². The maximum atomic E-state index is 14.1. The third kappa shape index (κ3) is 8.46. The van der Waals surface area contributed by atoms with Gasteiger partial charge in [-0.3, -0.25) is 25.0 Å². The highest BCUT2D eigenvalue weighted by molar-refractivity contribution is 6.35. The summed E-state index contributed by atoms with van der Waals surface area (Å²) in [6, 6.07) is 7.95. The Morgan fingerprint density at radius 3 is 2.61 bits per heavy atom. The van der Waals surface area contributed by atoms with Crippen LogP contribution in [0.5, 0.6) is 5.75 Å². The van der Waals surface area contributed by atoms with Gasteiger partial charge in [0.05, 0.1) is 42.2 Å². The van der Waals surface area contributed by atoms with Crippen molar-refractivity contribution in [3.63, 3.8) is 0 Å². The van der Waals surface area contributed by atoms with Gasteiger partial charge >= 0.3 is 12.1 Å². The first-order chi connectivity index (χ1) is 25.4. The molecular formula is C39H46ClN3O11. The van der Waals surface area contributed by atoms with Crippen LogP contribution >= 0.6 is 11.6 Å². The topological polar surface area (TPSA) is 179 Å². The molecule has 54 heavy (non-hydrogen) atoms. The number of nitro benzene ring substituents is 1. The second-order valence-corrected chi connectivity index (χ2v) is 14.7. The van der Waals surface area contributed by atoms with Crippen molar-refractivity contribution in [3.05, 3.63) is 92.5 Å². The smallest absolute Gasteiger partial charge is 0.409 e. The van der Waals surface area contributed by atoms with Crippen LogP contribution in [0.15, 0.2) is 60.7 Å². The Bertz CT molecular complexity index is 1910. The summed E-state index contributed by atoms with van der Waals surface area (Å²) in [5, 5.41) is 26.2. The molecular weight excluding hydrogens is 722 g/mol. The standard InChI is InChI=1S/C39H46ClN3O11/c1-21(2)26-13-12-24(15-27(26)43(48)49)18-34(45)53-32-19-33(44)42(6)28-16-25(17-29(50-7)35(28)40)14-22(3)10-9-11-31(51-8)39(47)20-30(52-37(46)41-39)23(4)36-38(32,5)54-36/h9-13,15-17,23,30-32,36,47H,1,14,18-20H2,2-8H3,(H,41,46)/b11-9+,22-10+/t23-,30+,31-,32+,36+,38+,39+/m1/s1. The van der Waals surface area contributed by atoms with Crippen molar-refractivity contribution in [2.75, 3.05) is 26.2 Å². The number of rotatable bonds is 7. The molecule has 2 N–H and O–H groups in total. The molecule has 14 nitrogen and oxygen atoms in total. The lowest BCUT2D eigenvalue weighted by Gasteiger charge is -2.42. The van der Waals surface area contributed by atoms with Gasteiger partial charge in [0.1, 0.15) is 34.7 Å². The van der Waals surface area contributed by atoms with E-state index in [4.69, 9.17) is 35.3 Å². The van der Waals surface area contributed by atoms with E-state index in [9.17, 15) is 29.6 Å². The molecule has 3 heterocycles. The number of nitro groups is 1. The van der Waals surface area contributed by atoms with Crippen LogP contribution in [0.1, 0.15) is 57.2 Å². The monoisotopic (exact) mass is 767 g/mol. The van der Waals surface area contributed by atoms with Gasteiger partial charge in [-0.2, -0.15) is 0 Å². The van der Waals surface area contributed by atoms with Gasteiger partial charge in [0.2, 0.25) is 5.91 Å². The molecule has 5 rings (SSSR count). The summed E-state index contributed by atoms with van der Waals surface area (Å²) in [6.45, 7) is 10.8. The number of nitrogens with zero attached hydrogens (tertiary/aromatic N) is 2. The van der Waals surface area contributed by atoms with Gasteiger partial charge in [0.25, 0.3) is 5.69 Å². The van der Waals surface area contributed by atoms with Crippen molar-refractivity contribution in [1.29, 1.82) is 0 Å². The molecule has 2 aromatic carbocycles. The predicted molar refractivity (Wildman–Crippen MR) is 200 cm³/mol. The molecule has 0 spiro atoms. The second kappa shape index (κ2) is 15.9. The number of ether oxygens (including phenoxy) is 5. The average Bonchev–Trinajstić information content (AvgIpc) is 3.80. The number of aliphatic hydroxyl groups is 1. The number of esters is 1. The second-order valence-electron chi connectivity index (χ2n) is 14.3. The number of benzene rings is 2. The highest BCUT2D eigenvalue weighted by Gasteiger charge is 2.64. The van der Waals surface area contributed by atoms with Crippen molar-refractivity contribution in [2.24, 2.45) is 5.92 Å². The molecule has 0 saturated carbocycles. The number of amides is 2. The van der Waals surface area contributed by atoms with E-state index in [0.717, 1.165) is 11.1 Å². The number of allylic oxidation sites excluding steroid dienone is 4. The van der Waals surface area contributed by atoms with Gasteiger partial charge in [-0.15, -0.1) is 0 Å². The maximum absolute atomic E-state index is 14.1. The molecule has 0 radical (unpaired) electrons. The molecule has 4 bridgehead atoms. The number of anilines is 1. The molecule has 2 aromatic rings. The van der Waals surface area contributed by atoms with E-state index in [0.29, 0.717) is 34.6 Å². The number of carbonyl (C=O) groups excluding carboxylic acids is 3. The SMILES string of the molecule is C=C(C)c1ccc(CC(=O)O[C@H]2CC(=O)N(C)c3cc(cc(OC)c3Cl)C/C(C)=C/C=C/[C@@H](OC)[C@@]3(O)C[C@H](OC(=O)N3)[C@@H](C)[C@@H]3O[C@@]23C)cc1[N+](=O)[O-]. The number of hydrogen-bond acceptors (Lipinski definition) is 11. The first-order valence-electron chi connectivity index (χ1n) is 17.4. The van der Waals surface area contributed by atoms with Gasteiger partial charge in [0.15, 0.2) is 5.72 Å². The van der Waals surface area contributed by atoms with Gasteiger partial charge in [-0.1, -0.05) is 55.0 Å². The van der Waals surface area contributed by atoms with Crippen LogP contribution in [0, 0.1) is 16.0 Å². The van der Waals surface area contributed by atoms with Crippen molar-refractivity contribution < 1.29 is 48.1 Å². The van der Waals surface area contributed by atoms with Gasteiger partial charge in [-0.25, -0.2) is 4.79 Å². The minimum absolute atomic E-state index is 0.0728. The molecule has 7 atom stereocenters. The summed E-state index contributed by atoms with van der Waals surface area (Å²) in [5.74, 6) is -1.42. The van der Waals surface area contributed by atoms with E-state index in [-0.39, 0.29) is 30.0 Å². The Hall–Kier alpha value is -4.76. The van der Waals surface area contributed by atoms with Crippen LogP contribution in [-0.4, -0.2) is 85.0 Å². The zero-order chi connectivity index (χ0) is 39.7. The van der Waals surface area contributed by atoms with Crippen molar-refractivity contribution in [3.8, 4) is 5.75 Å². The fourth-order valence-electron chi connectivity index (χ4n) is 7.17. The fraction of sp³-hybridized carbons (Fsp3) is 0.462. The van der Waals surface area contributed by atoms with Crippen molar-refractivity contribution >= 4 is 46.5 Å². The maximum Gasteiger partial charge on any atom is 0.409 e. The summed E-state index contributed by atoms with van der Waals surface area (Å²) in [7, 11) is 4.44. The van der Waals surface area contributed by atoms with Crippen LogP contribution in [0.3, 0.4) is 0 Å². The van der Waals surface area contributed by atoms with E-state index in [1.54, 1.807) is 58.2 Å². The summed E-state index contributed by atoms with van der Waals surface area (Å²) in [4.78, 5) is 53.2. The number of hydrogen-bond donors (Lipinski definition) is 2. The zero-order valence-electron chi connectivity index (χ0n) is 31.3. The first-order valence-corrected chi connectivity index (χ1v) is 17.8. The summed E-state index contributed by atoms with van der Waals surface area (Å²) in [5.41, 5.74) is -0.0742. The largest absolute Gasteiger partial charge is 0.495 e. The summed E-state index contributed by atoms with van der Waals surface area (Å²) in [6.07, 6.45) is 0.362. The Morgan fingerprint density at radius 1 is 1.24 bits per heavy atom. The third-order valence-corrected chi connectivity index (χ3v) is 10.7. The third-order valence-electron chi connectivity index (χ3n) is 10.3. The molecule has 2 saturated heterocycles. The molecule has 3 aliphatic rings. The van der Waals surface area contributed by atoms with Gasteiger partial charge in [-0.05, 0) is 62.1 Å². The number of nitrogens with one attached hydrogen (secondary N) is 1. The number of carbonyl (C=O) groups is 3. The van der Waals surface area contributed by atoms with Gasteiger partial charge in [0, 0.05) is 32.6 Å². The quantitative estimate of drug-likeness (QED) is 0.149. The highest BCUT2D eigenvalue weighted by Crippen LogP contribution is 2.49. The molecule has 2 amide bonds. The molecule has 15 heteroatoms. The summed E-state index contributed by atoms with van der Waals surface area (Å²) < 4.78 is 29.1. The highest BCUT2D eigenvalue weighted by atomic mass is 35.5. The summed E-state index contributed by atoms with van der Waals surface area (Å²) >= 11 is 6.74. The lowest BCUT2D eigenvalue weighted by Crippen LogP contribution is -2.63. The van der Waals surface area contributed by atoms with Crippen LogP contribution in [-0.2, 0) is 41.4 Å². The van der Waals surface area contributed by atoms with Crippen LogP contribution in [0.4, 0.5) is 16.2 Å². The minimum atomic E-state index is -1.85. The molecule has 0 aliphatic carbocycles. The van der Waals surface area contributed by atoms with E-state index >= 15 is 0 Å². The van der Waals surface area contributed by atoms with Crippen molar-refractivity contribution in [1.82, 2.24) is 5.32 Å². The lowest BCUT2D eigenvalue weighted by molar-refractivity contribution is -0.385. The average molecular weight is 768 g/mol. The van der Waals surface area contributed by atoms with E-state index in [1.165, 1.54) is 31.3 Å². The number of alkyl carbamates (subject to hydrolysis) is 1. The molecule has 2 fully saturated rings. The normalized spacial score (nSPS) is 30.1. The van der Waals surface area contributed by atoms with E-state index < -0.39 is 64.6 Å². The fourth-order valence-corrected chi connectivity index (χ4v) is 7.48. The van der Waals surface area contributed by atoms with Crippen LogP contribution < -0.4 is 15.0 Å². The minimum Gasteiger partial charge on any atom is -0.495 e. The Balaban J connectivity index is 1.53. The first kappa shape index (κ1) is 40.4. The predicted octanol–water partition coefficient (Wildman–Crippen LogP) is 5.85. The van der Waals surface area contributed by atoms with E-state index in [2.05, 4.69) is 11.9 Å². The Labute approximate surface area is 318 Å². The zero-order valence-corrected chi connectivity index (χ0v) is 32.1. The number of epoxide rings is 1. The Morgan fingerprint density at radius 2 is 1.96 bits per heavy atom. The van der Waals surface area contributed by atoms with E-state index in [1.807, 2.05) is 13.0 Å². The molecule has 0 aromatic heterocycles. The Kier molecular flexibility index (Phi) is 11.9. The number of halogens is 1. The molecule has 3 aliphatic heterocycles. The van der Waals surface area contributed by atoms with Crippen LogP contribution in [0.2, 0.25) is 5.02 Å². The lowest BCUT2D eigenvalue weighted by atomic mass is 9.83. The van der Waals surface area contributed by atoms with Gasteiger partial charge < -0.3 is 33.7 Å². The number of methoxy groups -OCH3 is 2.